The molecule has 0 saturated heterocycles. The third-order valence-electron chi connectivity index (χ3n) is 2.78. The van der Waals surface area contributed by atoms with E-state index < -0.39 is 0 Å². The van der Waals surface area contributed by atoms with Crippen LogP contribution in [0, 0.1) is 0 Å². The number of nitrogens with one attached hydrogen (secondary N) is 1. The van der Waals surface area contributed by atoms with Crippen molar-refractivity contribution in [3.05, 3.63) is 35.9 Å². The first-order chi connectivity index (χ1) is 8.81. The highest BCUT2D eigenvalue weighted by Crippen LogP contribution is 2.02. The molecule has 0 aliphatic heterocycles. The maximum Gasteiger partial charge on any atom is 0.0762 e. The monoisotopic (exact) mass is 247 g/mol. The summed E-state index contributed by atoms with van der Waals surface area (Å²) in [7, 11) is 0. The zero-order valence-electron chi connectivity index (χ0n) is 11.1. The van der Waals surface area contributed by atoms with E-state index in [1.807, 2.05) is 21.8 Å². The molecular weight excluding hydrogens is 226 g/mol. The van der Waals surface area contributed by atoms with Crippen molar-refractivity contribution in [3.8, 4) is 0 Å². The Balaban J connectivity index is 1.89. The van der Waals surface area contributed by atoms with E-state index in [0.717, 1.165) is 38.3 Å². The van der Waals surface area contributed by atoms with Gasteiger partial charge >= 0.3 is 0 Å². The Kier molecular flexibility index (Phi) is 4.52. The van der Waals surface area contributed by atoms with Crippen LogP contribution in [0.3, 0.4) is 0 Å². The van der Waals surface area contributed by atoms with Crippen molar-refractivity contribution in [2.75, 3.05) is 6.54 Å². The minimum absolute atomic E-state index is 0.785. The lowest BCUT2D eigenvalue weighted by atomic mass is 10.4. The molecule has 0 aliphatic rings. The lowest BCUT2D eigenvalue weighted by Crippen LogP contribution is -2.14. The van der Waals surface area contributed by atoms with Crippen LogP contribution in [0.25, 0.3) is 0 Å². The van der Waals surface area contributed by atoms with Gasteiger partial charge < -0.3 is 5.32 Å². The second-order valence-corrected chi connectivity index (χ2v) is 4.39. The zero-order valence-corrected chi connectivity index (χ0v) is 11.1. The largest absolute Gasteiger partial charge is 0.311 e. The van der Waals surface area contributed by atoms with Gasteiger partial charge in [-0.3, -0.25) is 9.36 Å². The Labute approximate surface area is 108 Å². The molecule has 2 aromatic rings. The molecule has 2 heterocycles. The molecule has 98 valence electrons. The van der Waals surface area contributed by atoms with Crippen molar-refractivity contribution in [1.82, 2.24) is 24.9 Å². The van der Waals surface area contributed by atoms with E-state index in [2.05, 4.69) is 41.6 Å². The molecule has 0 saturated carbocycles. The first kappa shape index (κ1) is 12.8. The summed E-state index contributed by atoms with van der Waals surface area (Å²) in [4.78, 5) is 0. The summed E-state index contributed by atoms with van der Waals surface area (Å²) in [6, 6.07) is 2.06. The molecule has 5 heteroatoms. The average molecular weight is 247 g/mol. The van der Waals surface area contributed by atoms with Crippen LogP contribution in [0.1, 0.15) is 31.5 Å². The van der Waals surface area contributed by atoms with Crippen molar-refractivity contribution < 1.29 is 0 Å². The first-order valence-corrected chi connectivity index (χ1v) is 6.56. The standard InChI is InChI=1S/C13H21N5/c1-3-6-14-9-13-5-7-18(16-13)11-12-8-15-17(4-2)10-12/h5,7-8,10,14H,3-4,6,9,11H2,1-2H3. The van der Waals surface area contributed by atoms with Gasteiger partial charge in [-0.25, -0.2) is 0 Å². The fourth-order valence-electron chi connectivity index (χ4n) is 1.83. The van der Waals surface area contributed by atoms with Gasteiger partial charge in [-0.05, 0) is 26.0 Å². The maximum absolute atomic E-state index is 4.53. The van der Waals surface area contributed by atoms with E-state index in [1.165, 1.54) is 5.56 Å². The third-order valence-corrected chi connectivity index (χ3v) is 2.78. The highest BCUT2D eigenvalue weighted by molar-refractivity contribution is 5.06. The Morgan fingerprint density at radius 1 is 1.28 bits per heavy atom. The summed E-state index contributed by atoms with van der Waals surface area (Å²) in [6.07, 6.45) is 7.14. The molecule has 0 aromatic carbocycles. The molecule has 1 N–H and O–H groups in total. The van der Waals surface area contributed by atoms with Crippen LogP contribution in [0.4, 0.5) is 0 Å². The summed E-state index contributed by atoms with van der Waals surface area (Å²) in [5.41, 5.74) is 2.28. The van der Waals surface area contributed by atoms with E-state index >= 15 is 0 Å². The molecule has 0 aliphatic carbocycles. The minimum Gasteiger partial charge on any atom is -0.311 e. The van der Waals surface area contributed by atoms with Crippen LogP contribution in [0.2, 0.25) is 0 Å². The highest BCUT2D eigenvalue weighted by Gasteiger charge is 2.01. The van der Waals surface area contributed by atoms with Crippen LogP contribution < -0.4 is 5.32 Å². The maximum atomic E-state index is 4.53. The minimum atomic E-state index is 0.785. The molecule has 2 rings (SSSR count). The molecule has 0 spiro atoms. The molecule has 0 bridgehead atoms. The molecular formula is C13H21N5. The van der Waals surface area contributed by atoms with Crippen LogP contribution in [0.15, 0.2) is 24.7 Å². The van der Waals surface area contributed by atoms with Crippen LogP contribution in [-0.2, 0) is 19.6 Å². The summed E-state index contributed by atoms with van der Waals surface area (Å²) < 4.78 is 3.89. The van der Waals surface area contributed by atoms with Crippen molar-refractivity contribution in [2.45, 2.75) is 39.9 Å². The third kappa shape index (κ3) is 3.43. The lowest BCUT2D eigenvalue weighted by Gasteiger charge is -2.00. The van der Waals surface area contributed by atoms with Gasteiger partial charge in [-0.2, -0.15) is 10.2 Å². The van der Waals surface area contributed by atoms with Gasteiger partial charge in [-0.15, -0.1) is 0 Å². The van der Waals surface area contributed by atoms with E-state index in [0.29, 0.717) is 0 Å². The zero-order chi connectivity index (χ0) is 12.8. The summed E-state index contributed by atoms with van der Waals surface area (Å²) in [5, 5.41) is 12.1. The normalized spacial score (nSPS) is 11.0. The second-order valence-electron chi connectivity index (χ2n) is 4.39. The Bertz CT molecular complexity index is 471. The quantitative estimate of drug-likeness (QED) is 0.757. The Morgan fingerprint density at radius 2 is 2.17 bits per heavy atom. The van der Waals surface area contributed by atoms with Crippen molar-refractivity contribution in [1.29, 1.82) is 0 Å². The van der Waals surface area contributed by atoms with Gasteiger partial charge in [0, 0.05) is 31.0 Å². The first-order valence-electron chi connectivity index (χ1n) is 6.56. The van der Waals surface area contributed by atoms with E-state index in [-0.39, 0.29) is 0 Å². The topological polar surface area (TPSA) is 47.7 Å². The molecule has 0 atom stereocenters. The van der Waals surface area contributed by atoms with E-state index in [4.69, 9.17) is 0 Å². The fourth-order valence-corrected chi connectivity index (χ4v) is 1.83. The number of hydrogen-bond acceptors (Lipinski definition) is 3. The van der Waals surface area contributed by atoms with Crippen LogP contribution in [-0.4, -0.2) is 26.1 Å². The summed E-state index contributed by atoms with van der Waals surface area (Å²) >= 11 is 0. The van der Waals surface area contributed by atoms with Crippen molar-refractivity contribution in [3.63, 3.8) is 0 Å². The predicted molar refractivity (Wildman–Crippen MR) is 71.2 cm³/mol. The molecule has 18 heavy (non-hydrogen) atoms. The Morgan fingerprint density at radius 3 is 2.89 bits per heavy atom. The molecule has 0 fully saturated rings. The number of aromatic nitrogens is 4. The number of hydrogen-bond donors (Lipinski definition) is 1. The molecule has 5 nitrogen and oxygen atoms in total. The van der Waals surface area contributed by atoms with Crippen LogP contribution >= 0.6 is 0 Å². The molecule has 0 unspecified atom stereocenters. The number of aryl methyl sites for hydroxylation is 1. The average Bonchev–Trinajstić information content (AvgIpc) is 3.00. The molecule has 0 amide bonds. The van der Waals surface area contributed by atoms with E-state index in [1.54, 1.807) is 0 Å². The van der Waals surface area contributed by atoms with Gasteiger partial charge in [0.1, 0.15) is 0 Å². The second kappa shape index (κ2) is 6.35. The van der Waals surface area contributed by atoms with Gasteiger partial charge in [0.2, 0.25) is 0 Å². The van der Waals surface area contributed by atoms with Gasteiger partial charge in [-0.1, -0.05) is 6.92 Å². The number of nitrogens with zero attached hydrogens (tertiary/aromatic N) is 4. The smallest absolute Gasteiger partial charge is 0.0762 e. The van der Waals surface area contributed by atoms with Crippen LogP contribution in [0.5, 0.6) is 0 Å². The molecule has 2 aromatic heterocycles. The number of rotatable bonds is 7. The SMILES string of the molecule is CCCNCc1ccn(Cc2cnn(CC)c2)n1. The van der Waals surface area contributed by atoms with Crippen molar-refractivity contribution in [2.24, 2.45) is 0 Å². The highest BCUT2D eigenvalue weighted by atomic mass is 15.3. The fraction of sp³-hybridized carbons (Fsp3) is 0.538. The van der Waals surface area contributed by atoms with Gasteiger partial charge in [0.05, 0.1) is 18.4 Å². The summed E-state index contributed by atoms with van der Waals surface area (Å²) in [6.45, 7) is 7.82. The predicted octanol–water partition coefficient (Wildman–Crippen LogP) is 1.65. The molecule has 0 radical (unpaired) electrons. The van der Waals surface area contributed by atoms with Gasteiger partial charge in [0.15, 0.2) is 0 Å². The van der Waals surface area contributed by atoms with Crippen molar-refractivity contribution >= 4 is 0 Å². The van der Waals surface area contributed by atoms with E-state index in [9.17, 15) is 0 Å². The Hall–Kier alpha value is -1.62. The van der Waals surface area contributed by atoms with Gasteiger partial charge in [0.25, 0.3) is 0 Å². The summed E-state index contributed by atoms with van der Waals surface area (Å²) in [5.74, 6) is 0. The lowest BCUT2D eigenvalue weighted by molar-refractivity contribution is 0.626.